The van der Waals surface area contributed by atoms with Crippen molar-refractivity contribution in [1.82, 2.24) is 25.2 Å². The van der Waals surface area contributed by atoms with Crippen LogP contribution in [0.1, 0.15) is 5.56 Å². The third-order valence-electron chi connectivity index (χ3n) is 5.31. The van der Waals surface area contributed by atoms with E-state index in [1.165, 1.54) is 5.56 Å². The highest BCUT2D eigenvalue weighted by molar-refractivity contribution is 14.0. The average molecular weight is 532 g/mol. The predicted octanol–water partition coefficient (Wildman–Crippen LogP) is 2.61. The molecule has 4 rings (SSSR count). The van der Waals surface area contributed by atoms with Crippen LogP contribution in [-0.4, -0.2) is 73.1 Å². The minimum atomic E-state index is 0. The van der Waals surface area contributed by atoms with Crippen molar-refractivity contribution in [3.8, 4) is 0 Å². The van der Waals surface area contributed by atoms with E-state index in [4.69, 9.17) is 4.98 Å². The number of nitrogens with zero attached hydrogens (tertiary/aromatic N) is 7. The molecule has 0 spiro atoms. The number of halogens is 1. The predicted molar refractivity (Wildman–Crippen MR) is 138 cm³/mol. The van der Waals surface area contributed by atoms with Gasteiger partial charge in [0.15, 0.2) is 5.96 Å². The molecule has 9 heteroatoms. The van der Waals surface area contributed by atoms with Crippen molar-refractivity contribution in [2.45, 2.75) is 6.54 Å². The first-order valence-corrected chi connectivity index (χ1v) is 10.2. The molecule has 0 saturated carbocycles. The number of hydrogen-bond donors (Lipinski definition) is 1. The lowest BCUT2D eigenvalue weighted by Gasteiger charge is -2.36. The molecule has 0 amide bonds. The van der Waals surface area contributed by atoms with Gasteiger partial charge in [-0.3, -0.25) is 4.99 Å². The summed E-state index contributed by atoms with van der Waals surface area (Å²) >= 11 is 0. The monoisotopic (exact) mass is 532 g/mol. The number of nitrogens with one attached hydrogen (secondary N) is 1. The number of aromatic nitrogens is 3. The molecule has 0 aliphatic carbocycles. The number of fused-ring (bicyclic) bond motifs is 1. The molecule has 8 nitrogen and oxygen atoms in total. The Kier molecular flexibility index (Phi) is 7.83. The molecule has 31 heavy (non-hydrogen) atoms. The van der Waals surface area contributed by atoms with E-state index in [0.29, 0.717) is 6.54 Å². The molecule has 0 unspecified atom stereocenters. The molecule has 1 N–H and O–H groups in total. The third-order valence-corrected chi connectivity index (χ3v) is 5.31. The second-order valence-corrected chi connectivity index (χ2v) is 7.47. The standard InChI is InChI=1S/C22H28N8.HI/c1-23-21(29-11-13-30(14-12-29)22-24-9-6-10-25-22)26-16-17-15-20(28(2)3)27-19-8-5-4-7-18(17)19;/h4-10,15H,11-14,16H2,1-3H3,(H,23,26);1H. The number of guanidine groups is 1. The van der Waals surface area contributed by atoms with E-state index in [0.717, 1.165) is 54.8 Å². The summed E-state index contributed by atoms with van der Waals surface area (Å²) in [7, 11) is 5.87. The highest BCUT2D eigenvalue weighted by Gasteiger charge is 2.21. The van der Waals surface area contributed by atoms with Gasteiger partial charge in [-0.2, -0.15) is 0 Å². The van der Waals surface area contributed by atoms with Gasteiger partial charge in [0.2, 0.25) is 5.95 Å². The van der Waals surface area contributed by atoms with Crippen molar-refractivity contribution >= 4 is 52.6 Å². The van der Waals surface area contributed by atoms with Crippen molar-refractivity contribution < 1.29 is 0 Å². The fourth-order valence-corrected chi connectivity index (χ4v) is 3.69. The van der Waals surface area contributed by atoms with Crippen LogP contribution in [0.15, 0.2) is 53.8 Å². The summed E-state index contributed by atoms with van der Waals surface area (Å²) in [6.45, 7) is 4.18. The summed E-state index contributed by atoms with van der Waals surface area (Å²) < 4.78 is 0. The Bertz CT molecular complexity index is 1020. The van der Waals surface area contributed by atoms with Crippen molar-refractivity contribution in [1.29, 1.82) is 0 Å². The first-order valence-electron chi connectivity index (χ1n) is 10.2. The van der Waals surface area contributed by atoms with Crippen LogP contribution in [0.25, 0.3) is 10.9 Å². The van der Waals surface area contributed by atoms with E-state index in [1.54, 1.807) is 12.4 Å². The number of pyridine rings is 1. The molecule has 1 fully saturated rings. The van der Waals surface area contributed by atoms with Gasteiger partial charge in [-0.1, -0.05) is 18.2 Å². The van der Waals surface area contributed by atoms with E-state index in [9.17, 15) is 0 Å². The molecule has 0 atom stereocenters. The normalized spacial score (nSPS) is 14.4. The van der Waals surface area contributed by atoms with Crippen molar-refractivity contribution in [3.05, 3.63) is 54.4 Å². The van der Waals surface area contributed by atoms with Gasteiger partial charge in [0.25, 0.3) is 0 Å². The molecule has 1 saturated heterocycles. The van der Waals surface area contributed by atoms with Crippen molar-refractivity contribution in [2.24, 2.45) is 4.99 Å². The maximum absolute atomic E-state index is 4.75. The lowest BCUT2D eigenvalue weighted by atomic mass is 10.1. The zero-order chi connectivity index (χ0) is 20.9. The molecular formula is C22H29IN8. The largest absolute Gasteiger partial charge is 0.363 e. The van der Waals surface area contributed by atoms with Gasteiger partial charge in [-0.15, -0.1) is 24.0 Å². The van der Waals surface area contributed by atoms with Gasteiger partial charge in [-0.05, 0) is 23.8 Å². The van der Waals surface area contributed by atoms with E-state index in [-0.39, 0.29) is 24.0 Å². The van der Waals surface area contributed by atoms with Gasteiger partial charge in [0, 0.05) is 71.6 Å². The molecule has 0 bridgehead atoms. The minimum Gasteiger partial charge on any atom is -0.363 e. The first kappa shape index (κ1) is 23.0. The highest BCUT2D eigenvalue weighted by atomic mass is 127. The minimum absolute atomic E-state index is 0. The molecule has 1 aliphatic rings. The maximum Gasteiger partial charge on any atom is 0.225 e. The molecule has 0 radical (unpaired) electrons. The fourth-order valence-electron chi connectivity index (χ4n) is 3.69. The van der Waals surface area contributed by atoms with E-state index < -0.39 is 0 Å². The van der Waals surface area contributed by atoms with Crippen molar-refractivity contribution in [2.75, 3.05) is 57.1 Å². The summed E-state index contributed by atoms with van der Waals surface area (Å²) in [6, 6.07) is 12.3. The van der Waals surface area contributed by atoms with Crippen LogP contribution in [-0.2, 0) is 6.54 Å². The van der Waals surface area contributed by atoms with E-state index >= 15 is 0 Å². The Morgan fingerprint density at radius 2 is 1.77 bits per heavy atom. The molecular weight excluding hydrogens is 503 g/mol. The number of aliphatic imine (C=N–C) groups is 1. The second-order valence-electron chi connectivity index (χ2n) is 7.47. The Morgan fingerprint density at radius 3 is 2.45 bits per heavy atom. The lowest BCUT2D eigenvalue weighted by molar-refractivity contribution is 0.370. The van der Waals surface area contributed by atoms with Crippen LogP contribution in [0.5, 0.6) is 0 Å². The average Bonchev–Trinajstić information content (AvgIpc) is 2.80. The van der Waals surface area contributed by atoms with Crippen LogP contribution in [0.3, 0.4) is 0 Å². The molecule has 3 aromatic rings. The molecule has 164 valence electrons. The second kappa shape index (κ2) is 10.6. The zero-order valence-electron chi connectivity index (χ0n) is 18.2. The van der Waals surface area contributed by atoms with Gasteiger partial charge < -0.3 is 20.0 Å². The van der Waals surface area contributed by atoms with Crippen LogP contribution >= 0.6 is 24.0 Å². The Labute approximate surface area is 200 Å². The quantitative estimate of drug-likeness (QED) is 0.315. The number of benzene rings is 1. The van der Waals surface area contributed by atoms with Gasteiger partial charge in [0.05, 0.1) is 5.52 Å². The lowest BCUT2D eigenvalue weighted by Crippen LogP contribution is -2.52. The van der Waals surface area contributed by atoms with Crippen LogP contribution in [0.2, 0.25) is 0 Å². The summed E-state index contributed by atoms with van der Waals surface area (Å²) in [6.07, 6.45) is 3.58. The summed E-state index contributed by atoms with van der Waals surface area (Å²) in [4.78, 5) is 24.5. The van der Waals surface area contributed by atoms with Gasteiger partial charge in [0.1, 0.15) is 5.82 Å². The number of piperazine rings is 1. The zero-order valence-corrected chi connectivity index (χ0v) is 20.5. The van der Waals surface area contributed by atoms with E-state index in [2.05, 4.69) is 54.3 Å². The van der Waals surface area contributed by atoms with Crippen LogP contribution in [0, 0.1) is 0 Å². The fraction of sp³-hybridized carbons (Fsp3) is 0.364. The Morgan fingerprint density at radius 1 is 1.06 bits per heavy atom. The number of hydrogen-bond acceptors (Lipinski definition) is 6. The smallest absolute Gasteiger partial charge is 0.225 e. The van der Waals surface area contributed by atoms with Gasteiger partial charge in [-0.25, -0.2) is 15.0 Å². The Balaban J connectivity index is 0.00000272. The third kappa shape index (κ3) is 5.33. The number of rotatable bonds is 4. The highest BCUT2D eigenvalue weighted by Crippen LogP contribution is 2.22. The van der Waals surface area contributed by atoms with Crippen molar-refractivity contribution in [3.63, 3.8) is 0 Å². The Hall–Kier alpha value is -2.69. The van der Waals surface area contributed by atoms with Crippen LogP contribution in [0.4, 0.5) is 11.8 Å². The molecule has 1 aliphatic heterocycles. The maximum atomic E-state index is 4.75. The molecule has 2 aromatic heterocycles. The first-order chi connectivity index (χ1) is 14.7. The summed E-state index contributed by atoms with van der Waals surface area (Å²) in [5.41, 5.74) is 2.22. The van der Waals surface area contributed by atoms with Crippen LogP contribution < -0.4 is 15.1 Å². The number of para-hydroxylation sites is 1. The summed E-state index contributed by atoms with van der Waals surface area (Å²) in [5, 5.41) is 4.71. The van der Waals surface area contributed by atoms with E-state index in [1.807, 2.05) is 38.2 Å². The topological polar surface area (TPSA) is 72.8 Å². The number of anilines is 2. The SMILES string of the molecule is CN=C(NCc1cc(N(C)C)nc2ccccc12)N1CCN(c2ncccn2)CC1.I. The van der Waals surface area contributed by atoms with Gasteiger partial charge >= 0.3 is 0 Å². The molecule has 3 heterocycles. The summed E-state index contributed by atoms with van der Waals surface area (Å²) in [5.74, 6) is 2.66. The molecule has 1 aromatic carbocycles.